The number of hydrogen-bond donors (Lipinski definition) is 1. The van der Waals surface area contributed by atoms with Crippen molar-refractivity contribution in [3.8, 4) is 0 Å². The average Bonchev–Trinajstić information content (AvgIpc) is 2.68. The number of carbonyl (C=O) groups is 1. The zero-order chi connectivity index (χ0) is 22.1. The summed E-state index contributed by atoms with van der Waals surface area (Å²) in [7, 11) is 3.54. The number of nitrogens with zero attached hydrogens (tertiary/aromatic N) is 3. The lowest BCUT2D eigenvalue weighted by atomic mass is 9.99. The molecule has 30 heavy (non-hydrogen) atoms. The smallest absolute Gasteiger partial charge is 0.416 e. The first-order chi connectivity index (χ1) is 14.1. The summed E-state index contributed by atoms with van der Waals surface area (Å²) in [5.41, 5.74) is 0.807. The molecule has 6 nitrogen and oxygen atoms in total. The second-order valence-electron chi connectivity index (χ2n) is 7.63. The van der Waals surface area contributed by atoms with Crippen LogP contribution in [0.1, 0.15) is 18.1 Å². The highest BCUT2D eigenvalue weighted by Crippen LogP contribution is 2.33. The summed E-state index contributed by atoms with van der Waals surface area (Å²) >= 11 is 0. The monoisotopic (exact) mass is 425 g/mol. The van der Waals surface area contributed by atoms with Crippen molar-refractivity contribution >= 4 is 5.97 Å². The van der Waals surface area contributed by atoms with E-state index in [2.05, 4.69) is 4.90 Å². The van der Waals surface area contributed by atoms with Crippen LogP contribution in [-0.4, -0.2) is 72.3 Å². The average molecular weight is 425 g/mol. The number of alkyl halides is 3. The van der Waals surface area contributed by atoms with Gasteiger partial charge >= 0.3 is 12.1 Å². The summed E-state index contributed by atoms with van der Waals surface area (Å²) in [6.07, 6.45) is -2.71. The Morgan fingerprint density at radius 3 is 2.30 bits per heavy atom. The van der Waals surface area contributed by atoms with E-state index in [1.165, 1.54) is 12.1 Å². The summed E-state index contributed by atoms with van der Waals surface area (Å²) in [5, 5.41) is 9.82. The molecule has 2 aliphatic heterocycles. The first-order valence-corrected chi connectivity index (χ1v) is 9.68. The molecular weight excluding hydrogens is 399 g/mol. The Bertz CT molecular complexity index is 841. The SMILES string of the molecule is CC1=CC(N2CCOCC2)N(Cc2ccc(C(F)(F)F)cc2)C(N(C)C)=C1C(=O)O. The van der Waals surface area contributed by atoms with E-state index in [4.69, 9.17) is 4.74 Å². The van der Waals surface area contributed by atoms with Crippen LogP contribution in [0, 0.1) is 0 Å². The van der Waals surface area contributed by atoms with E-state index >= 15 is 0 Å². The molecular formula is C21H26F3N3O3. The van der Waals surface area contributed by atoms with Crippen molar-refractivity contribution in [1.82, 2.24) is 14.7 Å². The highest BCUT2D eigenvalue weighted by atomic mass is 19.4. The predicted octanol–water partition coefficient (Wildman–Crippen LogP) is 2.98. The van der Waals surface area contributed by atoms with Crippen LogP contribution < -0.4 is 0 Å². The normalized spacial score (nSPS) is 20.9. The molecule has 1 fully saturated rings. The number of ether oxygens (including phenoxy) is 1. The molecule has 0 bridgehead atoms. The van der Waals surface area contributed by atoms with Gasteiger partial charge in [-0.1, -0.05) is 12.1 Å². The van der Waals surface area contributed by atoms with Crippen LogP contribution in [0.25, 0.3) is 0 Å². The Morgan fingerprint density at radius 1 is 1.20 bits per heavy atom. The van der Waals surface area contributed by atoms with Crippen molar-refractivity contribution in [3.63, 3.8) is 0 Å². The fourth-order valence-electron chi connectivity index (χ4n) is 3.90. The standard InChI is InChI=1S/C21H26F3N3O3/c1-14-12-17(26-8-10-30-11-9-26)27(19(25(2)3)18(14)20(28)29)13-15-4-6-16(7-5-15)21(22,23)24/h4-7,12,17H,8-11,13H2,1-3H3,(H,28,29). The molecule has 0 spiro atoms. The maximum Gasteiger partial charge on any atom is 0.416 e. The van der Waals surface area contributed by atoms with Gasteiger partial charge in [-0.05, 0) is 36.3 Å². The summed E-state index contributed by atoms with van der Waals surface area (Å²) in [6.45, 7) is 4.56. The number of rotatable bonds is 5. The third-order valence-corrected chi connectivity index (χ3v) is 5.30. The maximum atomic E-state index is 12.9. The predicted molar refractivity (Wildman–Crippen MR) is 105 cm³/mol. The van der Waals surface area contributed by atoms with Gasteiger partial charge in [0.2, 0.25) is 0 Å². The lowest BCUT2D eigenvalue weighted by Crippen LogP contribution is -2.54. The first-order valence-electron chi connectivity index (χ1n) is 9.68. The van der Waals surface area contributed by atoms with Crippen molar-refractivity contribution in [2.24, 2.45) is 0 Å². The third-order valence-electron chi connectivity index (χ3n) is 5.30. The van der Waals surface area contributed by atoms with E-state index in [0.717, 1.165) is 12.1 Å². The topological polar surface area (TPSA) is 56.2 Å². The highest BCUT2D eigenvalue weighted by Gasteiger charge is 2.36. The summed E-state index contributed by atoms with van der Waals surface area (Å²) in [5.74, 6) is -0.510. The van der Waals surface area contributed by atoms with E-state index in [-0.39, 0.29) is 18.3 Å². The molecule has 164 valence electrons. The van der Waals surface area contributed by atoms with Crippen molar-refractivity contribution < 1.29 is 27.8 Å². The zero-order valence-corrected chi connectivity index (χ0v) is 17.2. The quantitative estimate of drug-likeness (QED) is 0.783. The maximum absolute atomic E-state index is 12.9. The summed E-state index contributed by atoms with van der Waals surface area (Å²) in [6, 6.07) is 5.00. The van der Waals surface area contributed by atoms with Gasteiger partial charge in [0, 0.05) is 33.7 Å². The number of aliphatic carboxylic acids is 1. The van der Waals surface area contributed by atoms with Gasteiger partial charge in [0.15, 0.2) is 0 Å². The Balaban J connectivity index is 2.01. The van der Waals surface area contributed by atoms with Crippen LogP contribution in [-0.2, 0) is 22.3 Å². The van der Waals surface area contributed by atoms with Crippen LogP contribution >= 0.6 is 0 Å². The minimum Gasteiger partial charge on any atom is -0.478 e. The third kappa shape index (κ3) is 4.62. The molecule has 9 heteroatoms. The molecule has 0 amide bonds. The molecule has 0 radical (unpaired) electrons. The van der Waals surface area contributed by atoms with Gasteiger partial charge in [-0.25, -0.2) is 4.79 Å². The van der Waals surface area contributed by atoms with E-state index < -0.39 is 17.7 Å². The van der Waals surface area contributed by atoms with Gasteiger partial charge < -0.3 is 19.6 Å². The number of morpholine rings is 1. The van der Waals surface area contributed by atoms with Gasteiger partial charge in [-0.3, -0.25) is 4.90 Å². The van der Waals surface area contributed by atoms with Crippen molar-refractivity contribution in [2.75, 3.05) is 40.4 Å². The molecule has 1 N–H and O–H groups in total. The van der Waals surface area contributed by atoms with E-state index in [1.54, 1.807) is 25.9 Å². The van der Waals surface area contributed by atoms with E-state index in [1.807, 2.05) is 11.0 Å². The molecule has 0 aliphatic carbocycles. The highest BCUT2D eigenvalue weighted by molar-refractivity contribution is 5.92. The lowest BCUT2D eigenvalue weighted by molar-refractivity contribution is -0.137. The minimum atomic E-state index is -4.40. The van der Waals surface area contributed by atoms with Crippen molar-refractivity contribution in [1.29, 1.82) is 0 Å². The second-order valence-corrected chi connectivity index (χ2v) is 7.63. The molecule has 1 saturated heterocycles. The number of carboxylic acid groups (broad SMARTS) is 1. The van der Waals surface area contributed by atoms with Gasteiger partial charge in [-0.2, -0.15) is 13.2 Å². The molecule has 1 aromatic carbocycles. The zero-order valence-electron chi connectivity index (χ0n) is 17.2. The van der Waals surface area contributed by atoms with E-state index in [0.29, 0.717) is 43.3 Å². The Labute approximate surface area is 173 Å². The molecule has 2 heterocycles. The number of benzene rings is 1. The Kier molecular flexibility index (Phi) is 6.42. The number of hydrogen-bond acceptors (Lipinski definition) is 5. The summed E-state index contributed by atoms with van der Waals surface area (Å²) < 4.78 is 44.2. The van der Waals surface area contributed by atoms with Crippen LogP contribution in [0.2, 0.25) is 0 Å². The van der Waals surface area contributed by atoms with Crippen LogP contribution in [0.5, 0.6) is 0 Å². The molecule has 1 unspecified atom stereocenters. The van der Waals surface area contributed by atoms with Crippen LogP contribution in [0.15, 0.2) is 47.3 Å². The minimum absolute atomic E-state index is 0.191. The lowest BCUT2D eigenvalue weighted by Gasteiger charge is -2.46. The van der Waals surface area contributed by atoms with Crippen molar-refractivity contribution in [2.45, 2.75) is 25.8 Å². The number of carboxylic acids is 1. The van der Waals surface area contributed by atoms with Gasteiger partial charge in [0.25, 0.3) is 0 Å². The largest absolute Gasteiger partial charge is 0.478 e. The molecule has 1 atom stereocenters. The van der Waals surface area contributed by atoms with Crippen LogP contribution in [0.4, 0.5) is 13.2 Å². The molecule has 3 rings (SSSR count). The molecule has 1 aromatic rings. The van der Waals surface area contributed by atoms with Crippen molar-refractivity contribution in [3.05, 3.63) is 58.4 Å². The van der Waals surface area contributed by atoms with Gasteiger partial charge in [0.1, 0.15) is 17.6 Å². The summed E-state index contributed by atoms with van der Waals surface area (Å²) in [4.78, 5) is 17.9. The molecule has 0 aromatic heterocycles. The molecule has 2 aliphatic rings. The van der Waals surface area contributed by atoms with E-state index in [9.17, 15) is 23.1 Å². The molecule has 0 saturated carbocycles. The van der Waals surface area contributed by atoms with Gasteiger partial charge in [-0.15, -0.1) is 0 Å². The fraction of sp³-hybridized carbons (Fsp3) is 0.476. The van der Waals surface area contributed by atoms with Gasteiger partial charge in [0.05, 0.1) is 18.8 Å². The fourth-order valence-corrected chi connectivity index (χ4v) is 3.90. The Hall–Kier alpha value is -2.52. The number of halogens is 3. The second kappa shape index (κ2) is 8.69. The first kappa shape index (κ1) is 22.2. The Morgan fingerprint density at radius 2 is 1.80 bits per heavy atom. The van der Waals surface area contributed by atoms with Crippen LogP contribution in [0.3, 0.4) is 0 Å².